The van der Waals surface area contributed by atoms with Crippen LogP contribution in [0.4, 0.5) is 25.0 Å². The van der Waals surface area contributed by atoms with Crippen molar-refractivity contribution in [3.05, 3.63) is 78.1 Å². The lowest BCUT2D eigenvalue weighted by atomic mass is 10.1. The molecule has 41 heavy (non-hydrogen) atoms. The molecule has 214 valence electrons. The van der Waals surface area contributed by atoms with Crippen LogP contribution in [-0.2, 0) is 11.2 Å². The minimum Gasteiger partial charge on any atom is -0.494 e. The number of carbonyl (C=O) groups is 2. The number of ether oxygens (including phenoxy) is 2. The smallest absolute Gasteiger partial charge is 0.319 e. The van der Waals surface area contributed by atoms with Gasteiger partial charge in [-0.1, -0.05) is 26.0 Å². The van der Waals surface area contributed by atoms with Gasteiger partial charge in [-0.2, -0.15) is 0 Å². The molecule has 0 spiro atoms. The number of hydrogen-bond acceptors (Lipinski definition) is 6. The van der Waals surface area contributed by atoms with Crippen LogP contribution >= 0.6 is 0 Å². The number of halogens is 2. The Labute approximate surface area is 236 Å². The summed E-state index contributed by atoms with van der Waals surface area (Å²) in [5.41, 5.74) is 1.98. The molecule has 4 rings (SSSR count). The Balaban J connectivity index is 1.43. The molecule has 3 aromatic carbocycles. The monoisotopic (exact) mass is 563 g/mol. The van der Waals surface area contributed by atoms with Gasteiger partial charge in [-0.15, -0.1) is 0 Å². The van der Waals surface area contributed by atoms with Crippen molar-refractivity contribution in [1.29, 1.82) is 0 Å². The van der Waals surface area contributed by atoms with E-state index < -0.39 is 11.8 Å². The number of methoxy groups -OCH3 is 1. The second-order valence-corrected chi connectivity index (χ2v) is 9.73. The Bertz CT molecular complexity index is 1530. The number of carbonyl (C=O) groups excluding carboxylic acids is 2. The first kappa shape index (κ1) is 29.2. The van der Waals surface area contributed by atoms with Crippen LogP contribution in [-0.4, -0.2) is 35.6 Å². The van der Waals surface area contributed by atoms with E-state index in [9.17, 15) is 18.4 Å². The van der Waals surface area contributed by atoms with Crippen molar-refractivity contribution in [3.63, 3.8) is 0 Å². The number of urea groups is 1. The molecule has 3 N–H and O–H groups in total. The lowest BCUT2D eigenvalue weighted by Crippen LogP contribution is -2.30. The summed E-state index contributed by atoms with van der Waals surface area (Å²) in [5, 5.41) is 8.54. The zero-order valence-corrected chi connectivity index (χ0v) is 23.0. The highest BCUT2D eigenvalue weighted by atomic mass is 19.1. The Morgan fingerprint density at radius 1 is 0.951 bits per heavy atom. The molecule has 11 heteroatoms. The molecular weight excluding hydrogens is 532 g/mol. The van der Waals surface area contributed by atoms with E-state index >= 15 is 0 Å². The Kier molecular flexibility index (Phi) is 9.62. The molecular formula is C30H31F2N5O4. The first-order chi connectivity index (χ1) is 19.7. The van der Waals surface area contributed by atoms with Crippen molar-refractivity contribution in [2.24, 2.45) is 5.92 Å². The van der Waals surface area contributed by atoms with Gasteiger partial charge in [0.2, 0.25) is 11.8 Å². The van der Waals surface area contributed by atoms with Crippen LogP contribution in [0.1, 0.15) is 32.3 Å². The first-order valence-electron chi connectivity index (χ1n) is 13.1. The number of benzene rings is 3. The highest BCUT2D eigenvalue weighted by Gasteiger charge is 2.16. The van der Waals surface area contributed by atoms with E-state index in [1.54, 1.807) is 24.3 Å². The third kappa shape index (κ3) is 8.10. The third-order valence-electron chi connectivity index (χ3n) is 6.15. The molecule has 1 aromatic heterocycles. The maximum atomic E-state index is 15.0. The molecule has 0 atom stereocenters. The lowest BCUT2D eigenvalue weighted by molar-refractivity contribution is -0.116. The Hall–Kier alpha value is -4.80. The van der Waals surface area contributed by atoms with Crippen LogP contribution in [0.25, 0.3) is 10.9 Å². The zero-order valence-electron chi connectivity index (χ0n) is 23.0. The minimum atomic E-state index is -0.725. The number of amides is 3. The van der Waals surface area contributed by atoms with E-state index in [1.165, 1.54) is 37.7 Å². The molecule has 0 fully saturated rings. The highest BCUT2D eigenvalue weighted by Crippen LogP contribution is 2.35. The van der Waals surface area contributed by atoms with E-state index in [0.717, 1.165) is 18.1 Å². The maximum Gasteiger partial charge on any atom is 0.319 e. The topological polar surface area (TPSA) is 114 Å². The van der Waals surface area contributed by atoms with Gasteiger partial charge in [0, 0.05) is 30.8 Å². The summed E-state index contributed by atoms with van der Waals surface area (Å²) in [6, 6.07) is 12.7. The molecule has 0 unspecified atom stereocenters. The van der Waals surface area contributed by atoms with Gasteiger partial charge < -0.3 is 25.4 Å². The first-order valence-corrected chi connectivity index (χ1v) is 13.1. The van der Waals surface area contributed by atoms with Crippen LogP contribution in [0.3, 0.4) is 0 Å². The van der Waals surface area contributed by atoms with Crippen LogP contribution in [0.5, 0.6) is 17.4 Å². The standard InChI is InChI=1S/C30H31F2N5O4/c1-18(2)4-11-28(38)37-25-15-22-24(16-27(25)40-3)34-17-35-29(22)41-26-10-9-21(14-23(26)32)36-30(39)33-13-12-19-5-7-20(31)8-6-19/h5-10,14-18H,4,11-13H2,1-3H3,(H,37,38)(H2,33,36,39). The van der Waals surface area contributed by atoms with Crippen molar-refractivity contribution < 1.29 is 27.8 Å². The molecule has 0 saturated heterocycles. The minimum absolute atomic E-state index is 0.0773. The quantitative estimate of drug-likeness (QED) is 0.193. The van der Waals surface area contributed by atoms with Gasteiger partial charge in [0.15, 0.2) is 11.6 Å². The van der Waals surface area contributed by atoms with Gasteiger partial charge >= 0.3 is 6.03 Å². The zero-order chi connectivity index (χ0) is 29.4. The van der Waals surface area contributed by atoms with Crippen molar-refractivity contribution in [2.75, 3.05) is 24.3 Å². The predicted molar refractivity (Wildman–Crippen MR) is 152 cm³/mol. The van der Waals surface area contributed by atoms with E-state index in [1.807, 2.05) is 13.8 Å². The predicted octanol–water partition coefficient (Wildman–Crippen LogP) is 6.45. The Morgan fingerprint density at radius 3 is 2.44 bits per heavy atom. The SMILES string of the molecule is COc1cc2ncnc(Oc3ccc(NC(=O)NCCc4ccc(F)cc4)cc3F)c2cc1NC(=O)CCC(C)C. The molecule has 0 aliphatic rings. The number of rotatable bonds is 11. The summed E-state index contributed by atoms with van der Waals surface area (Å²) in [4.78, 5) is 33.1. The van der Waals surface area contributed by atoms with Gasteiger partial charge in [0.05, 0.1) is 23.7 Å². The summed E-state index contributed by atoms with van der Waals surface area (Å²) in [7, 11) is 1.49. The van der Waals surface area contributed by atoms with Gasteiger partial charge in [-0.05, 0) is 54.7 Å². The number of hydrogen-bond donors (Lipinski definition) is 3. The van der Waals surface area contributed by atoms with Crippen molar-refractivity contribution in [2.45, 2.75) is 33.1 Å². The molecule has 0 bridgehead atoms. The maximum absolute atomic E-state index is 15.0. The number of nitrogens with zero attached hydrogens (tertiary/aromatic N) is 2. The van der Waals surface area contributed by atoms with E-state index in [4.69, 9.17) is 9.47 Å². The molecule has 1 heterocycles. The summed E-state index contributed by atoms with van der Waals surface area (Å²) >= 11 is 0. The fourth-order valence-electron chi connectivity index (χ4n) is 3.95. The Morgan fingerprint density at radius 2 is 1.73 bits per heavy atom. The summed E-state index contributed by atoms with van der Waals surface area (Å²) in [6.07, 6.45) is 2.88. The van der Waals surface area contributed by atoms with Crippen LogP contribution in [0, 0.1) is 17.6 Å². The van der Waals surface area contributed by atoms with Crippen LogP contribution in [0.2, 0.25) is 0 Å². The van der Waals surface area contributed by atoms with E-state index in [-0.39, 0.29) is 29.0 Å². The number of fused-ring (bicyclic) bond motifs is 1. The molecule has 4 aromatic rings. The second-order valence-electron chi connectivity index (χ2n) is 9.73. The molecule has 0 aliphatic heterocycles. The largest absolute Gasteiger partial charge is 0.494 e. The van der Waals surface area contributed by atoms with Crippen LogP contribution < -0.4 is 25.4 Å². The molecule has 0 aliphatic carbocycles. The fraction of sp³-hybridized carbons (Fsp3) is 0.267. The third-order valence-corrected chi connectivity index (χ3v) is 6.15. The van der Waals surface area contributed by atoms with Gasteiger partial charge in [0.25, 0.3) is 0 Å². The van der Waals surface area contributed by atoms with Crippen molar-refractivity contribution in [1.82, 2.24) is 15.3 Å². The average Bonchev–Trinajstić information content (AvgIpc) is 2.94. The van der Waals surface area contributed by atoms with Crippen molar-refractivity contribution in [3.8, 4) is 17.4 Å². The molecule has 3 amide bonds. The highest BCUT2D eigenvalue weighted by molar-refractivity contribution is 5.97. The molecule has 0 radical (unpaired) electrons. The lowest BCUT2D eigenvalue weighted by Gasteiger charge is -2.14. The molecule has 9 nitrogen and oxygen atoms in total. The van der Waals surface area contributed by atoms with E-state index in [0.29, 0.717) is 47.6 Å². The normalized spacial score (nSPS) is 10.9. The number of anilines is 2. The second kappa shape index (κ2) is 13.5. The van der Waals surface area contributed by atoms with Crippen LogP contribution in [0.15, 0.2) is 60.9 Å². The van der Waals surface area contributed by atoms with Gasteiger partial charge in [0.1, 0.15) is 17.9 Å². The average molecular weight is 564 g/mol. The number of nitrogens with one attached hydrogen (secondary N) is 3. The molecule has 0 saturated carbocycles. The van der Waals surface area contributed by atoms with Crippen molar-refractivity contribution >= 4 is 34.2 Å². The summed E-state index contributed by atoms with van der Waals surface area (Å²) < 4.78 is 39.2. The number of aromatic nitrogens is 2. The summed E-state index contributed by atoms with van der Waals surface area (Å²) in [6.45, 7) is 4.39. The summed E-state index contributed by atoms with van der Waals surface area (Å²) in [5.74, 6) is -0.461. The van der Waals surface area contributed by atoms with Gasteiger partial charge in [-0.3, -0.25) is 4.79 Å². The fourth-order valence-corrected chi connectivity index (χ4v) is 3.95. The van der Waals surface area contributed by atoms with Gasteiger partial charge in [-0.25, -0.2) is 23.5 Å². The van der Waals surface area contributed by atoms with E-state index in [2.05, 4.69) is 25.9 Å².